The van der Waals surface area contributed by atoms with Gasteiger partial charge in [0.25, 0.3) is 0 Å². The van der Waals surface area contributed by atoms with Crippen LogP contribution in [0.2, 0.25) is 0 Å². The average molecular weight is 271 g/mol. The van der Waals surface area contributed by atoms with E-state index in [9.17, 15) is 10.2 Å². The second-order valence-corrected chi connectivity index (χ2v) is 5.74. The topological polar surface area (TPSA) is 43.7 Å². The van der Waals surface area contributed by atoms with Crippen LogP contribution < -0.4 is 0 Å². The van der Waals surface area contributed by atoms with Gasteiger partial charge in [-0.25, -0.2) is 0 Å². The van der Waals surface area contributed by atoms with Gasteiger partial charge in [0.05, 0.1) is 0 Å². The van der Waals surface area contributed by atoms with Crippen LogP contribution in [0.15, 0.2) is 30.3 Å². The largest absolute Gasteiger partial charge is 0.507 e. The summed E-state index contributed by atoms with van der Waals surface area (Å²) in [5.74, 6) is 0.482. The summed E-state index contributed by atoms with van der Waals surface area (Å²) < 4.78 is 0. The molecule has 0 radical (unpaired) electrons. The van der Waals surface area contributed by atoms with Crippen LogP contribution in [0.1, 0.15) is 25.3 Å². The monoisotopic (exact) mass is 271 g/mol. The smallest absolute Gasteiger partial charge is 0.123 e. The molecule has 1 atom stereocenters. The molecule has 20 heavy (non-hydrogen) atoms. The second-order valence-electron chi connectivity index (χ2n) is 5.74. The third-order valence-electron chi connectivity index (χ3n) is 4.36. The molecule has 3 nitrogen and oxygen atoms in total. The van der Waals surface area contributed by atoms with Gasteiger partial charge in [-0.15, -0.1) is 0 Å². The summed E-state index contributed by atoms with van der Waals surface area (Å²) in [6.45, 7) is 4.58. The van der Waals surface area contributed by atoms with Crippen LogP contribution in [-0.2, 0) is 6.42 Å². The van der Waals surface area contributed by atoms with Crippen LogP contribution in [-0.4, -0.2) is 34.2 Å². The van der Waals surface area contributed by atoms with Crippen LogP contribution in [0, 0.1) is 0 Å². The van der Waals surface area contributed by atoms with Crippen molar-refractivity contribution in [3.8, 4) is 11.5 Å². The van der Waals surface area contributed by atoms with E-state index in [0.717, 1.165) is 22.8 Å². The molecule has 1 fully saturated rings. The van der Waals surface area contributed by atoms with Crippen molar-refractivity contribution in [1.82, 2.24) is 4.90 Å². The molecule has 0 spiro atoms. The Labute approximate surface area is 119 Å². The van der Waals surface area contributed by atoms with Crippen molar-refractivity contribution in [2.24, 2.45) is 0 Å². The average Bonchev–Trinajstić information content (AvgIpc) is 2.96. The molecule has 1 saturated heterocycles. The van der Waals surface area contributed by atoms with E-state index in [1.165, 1.54) is 25.9 Å². The van der Waals surface area contributed by atoms with E-state index in [4.69, 9.17) is 0 Å². The highest BCUT2D eigenvalue weighted by Gasteiger charge is 2.20. The summed E-state index contributed by atoms with van der Waals surface area (Å²) in [4.78, 5) is 2.50. The van der Waals surface area contributed by atoms with Crippen molar-refractivity contribution in [2.45, 2.75) is 32.2 Å². The summed E-state index contributed by atoms with van der Waals surface area (Å²) in [6.07, 6.45) is 3.46. The minimum Gasteiger partial charge on any atom is -0.507 e. The number of rotatable bonds is 3. The zero-order chi connectivity index (χ0) is 14.1. The van der Waals surface area contributed by atoms with Crippen molar-refractivity contribution >= 4 is 10.8 Å². The first-order chi connectivity index (χ1) is 9.66. The van der Waals surface area contributed by atoms with Crippen LogP contribution in [0.25, 0.3) is 10.8 Å². The number of phenolic OH excluding ortho intramolecular Hbond substituents is 2. The molecule has 0 bridgehead atoms. The first-order valence-electron chi connectivity index (χ1n) is 7.33. The number of phenols is 2. The third-order valence-corrected chi connectivity index (χ3v) is 4.36. The molecule has 0 aliphatic carbocycles. The second kappa shape index (κ2) is 5.33. The lowest BCUT2D eigenvalue weighted by Crippen LogP contribution is -2.31. The lowest BCUT2D eigenvalue weighted by atomic mass is 9.97. The van der Waals surface area contributed by atoms with Crippen LogP contribution in [0.5, 0.6) is 11.5 Å². The zero-order valence-corrected chi connectivity index (χ0v) is 11.8. The summed E-state index contributed by atoms with van der Waals surface area (Å²) in [5.41, 5.74) is 1.11. The summed E-state index contributed by atoms with van der Waals surface area (Å²) >= 11 is 0. The van der Waals surface area contributed by atoms with Gasteiger partial charge in [0.2, 0.25) is 0 Å². The summed E-state index contributed by atoms with van der Waals surface area (Å²) in [5, 5.41) is 21.6. The molecule has 2 N–H and O–H groups in total. The van der Waals surface area contributed by atoms with Crippen molar-refractivity contribution < 1.29 is 10.2 Å². The molecular formula is C17H21NO2. The fraction of sp³-hybridized carbons (Fsp3) is 0.412. The van der Waals surface area contributed by atoms with Gasteiger partial charge in [-0.05, 0) is 57.0 Å². The van der Waals surface area contributed by atoms with Crippen molar-refractivity contribution in [3.05, 3.63) is 35.9 Å². The number of hydrogen-bond donors (Lipinski definition) is 2. The lowest BCUT2D eigenvalue weighted by molar-refractivity contribution is 0.258. The molecule has 1 heterocycles. The fourth-order valence-corrected chi connectivity index (χ4v) is 3.24. The molecule has 1 unspecified atom stereocenters. The van der Waals surface area contributed by atoms with Gasteiger partial charge in [0.1, 0.15) is 11.5 Å². The van der Waals surface area contributed by atoms with Crippen LogP contribution in [0.3, 0.4) is 0 Å². The minimum atomic E-state index is 0.230. The van der Waals surface area contributed by atoms with Gasteiger partial charge in [-0.2, -0.15) is 0 Å². The number of nitrogens with zero attached hydrogens (tertiary/aromatic N) is 1. The summed E-state index contributed by atoms with van der Waals surface area (Å²) in [6, 6.07) is 9.44. The van der Waals surface area contributed by atoms with Gasteiger partial charge in [-0.1, -0.05) is 18.2 Å². The third kappa shape index (κ3) is 2.34. The quantitative estimate of drug-likeness (QED) is 0.900. The van der Waals surface area contributed by atoms with Crippen molar-refractivity contribution in [3.63, 3.8) is 0 Å². The standard InChI is InChI=1S/C17H21NO2/c1-12(18-9-2-3-10-18)11-13-7-8-15(19)14-5-4-6-16(20)17(13)14/h4-8,12,19-20H,2-3,9-11H2,1H3. The molecule has 0 saturated carbocycles. The van der Waals surface area contributed by atoms with E-state index in [-0.39, 0.29) is 11.5 Å². The SMILES string of the molecule is CC(Cc1ccc(O)c2cccc(O)c12)N1CCCC1. The molecule has 3 heteroatoms. The maximum absolute atomic E-state index is 10.1. The molecule has 1 aliphatic rings. The molecule has 0 amide bonds. The Balaban J connectivity index is 1.97. The highest BCUT2D eigenvalue weighted by molar-refractivity contribution is 5.95. The van der Waals surface area contributed by atoms with Crippen LogP contribution in [0.4, 0.5) is 0 Å². The number of aromatic hydroxyl groups is 2. The summed E-state index contributed by atoms with van der Waals surface area (Å²) in [7, 11) is 0. The Kier molecular flexibility index (Phi) is 3.53. The van der Waals surface area contributed by atoms with E-state index >= 15 is 0 Å². The molecule has 2 aromatic rings. The molecule has 3 rings (SSSR count). The Bertz CT molecular complexity index is 618. The Morgan fingerprint density at radius 3 is 2.55 bits per heavy atom. The maximum Gasteiger partial charge on any atom is 0.123 e. The molecule has 2 aromatic carbocycles. The van der Waals surface area contributed by atoms with Gasteiger partial charge < -0.3 is 15.1 Å². The lowest BCUT2D eigenvalue weighted by Gasteiger charge is -2.24. The van der Waals surface area contributed by atoms with E-state index in [0.29, 0.717) is 6.04 Å². The van der Waals surface area contributed by atoms with E-state index < -0.39 is 0 Å². The Morgan fingerprint density at radius 1 is 1.05 bits per heavy atom. The van der Waals surface area contributed by atoms with Gasteiger partial charge in [0.15, 0.2) is 0 Å². The van der Waals surface area contributed by atoms with E-state index in [1.54, 1.807) is 18.2 Å². The first kappa shape index (κ1) is 13.3. The maximum atomic E-state index is 10.1. The molecule has 1 aliphatic heterocycles. The fourth-order valence-electron chi connectivity index (χ4n) is 3.24. The van der Waals surface area contributed by atoms with Gasteiger partial charge >= 0.3 is 0 Å². The highest BCUT2D eigenvalue weighted by Crippen LogP contribution is 2.34. The van der Waals surface area contributed by atoms with Crippen molar-refractivity contribution in [2.75, 3.05) is 13.1 Å². The first-order valence-corrected chi connectivity index (χ1v) is 7.33. The molecule has 106 valence electrons. The molecular weight excluding hydrogens is 250 g/mol. The predicted molar refractivity (Wildman–Crippen MR) is 81.3 cm³/mol. The van der Waals surface area contributed by atoms with Crippen LogP contribution >= 0.6 is 0 Å². The molecule has 0 aromatic heterocycles. The number of benzene rings is 2. The van der Waals surface area contributed by atoms with Gasteiger partial charge in [0, 0.05) is 16.8 Å². The van der Waals surface area contributed by atoms with Crippen molar-refractivity contribution in [1.29, 1.82) is 0 Å². The van der Waals surface area contributed by atoms with E-state index in [1.807, 2.05) is 12.1 Å². The highest BCUT2D eigenvalue weighted by atomic mass is 16.3. The zero-order valence-electron chi connectivity index (χ0n) is 11.8. The minimum absolute atomic E-state index is 0.230. The Hall–Kier alpha value is -1.74. The van der Waals surface area contributed by atoms with Gasteiger partial charge in [-0.3, -0.25) is 0 Å². The number of fused-ring (bicyclic) bond motifs is 1. The predicted octanol–water partition coefficient (Wildman–Crippen LogP) is 3.28. The number of likely N-dealkylation sites (tertiary alicyclic amines) is 1. The normalized spacial score (nSPS) is 17.6. The van der Waals surface area contributed by atoms with E-state index in [2.05, 4.69) is 11.8 Å². The Morgan fingerprint density at radius 2 is 1.80 bits per heavy atom. The number of hydrogen-bond acceptors (Lipinski definition) is 3.